The Morgan fingerprint density at radius 3 is 1.06 bits per heavy atom. The summed E-state index contributed by atoms with van der Waals surface area (Å²) in [6.45, 7) is 9.09. The molecule has 0 aliphatic carbocycles. The summed E-state index contributed by atoms with van der Waals surface area (Å²) in [5, 5.41) is 23.9. The minimum absolute atomic E-state index is 0.318. The molecule has 16 aromatic rings. The van der Waals surface area contributed by atoms with E-state index in [1.807, 2.05) is 66.7 Å². The molecule has 0 aliphatic heterocycles. The van der Waals surface area contributed by atoms with Crippen LogP contribution in [0.25, 0.3) is 153 Å². The predicted molar refractivity (Wildman–Crippen MR) is 282 cm³/mol. The smallest absolute Gasteiger partial charge is 0.214 e. The maximum Gasteiger partial charge on any atom is 0.214 e. The Balaban J connectivity index is 1.16. The maximum absolute atomic E-state index is 11.6. The standard InChI is InChI=1S/C62H31N5O3/c1-64-47-26-34(33-63)60(65-48-20-8-2-14-35(48)41-27-44-38-17-5-11-23-54(38)68-57(44)30-51(41)65)62(67-50-22-10-4-16-37(50)43-29-46-40-19-7-13-25-56(40)70-59(46)32-53(43)67)61(47)66-49-21-9-3-15-36(49)42-28-45-39-18-6-12-24-55(39)69-58(45)31-52(42)66/h2-32H. The SMILES string of the molecule is [C-]#[N+]c1cc(C#N)c(-n2c3ccccc3c3cc4c(cc32)oc2ccccc24)c(-n2c3ccccc3c3cc4c(cc32)oc2ccccc24)c1-n1c2ccccc2c2cc3c(cc21)oc1ccccc13. The summed E-state index contributed by atoms with van der Waals surface area (Å²) >= 11 is 0. The molecule has 0 radical (unpaired) electrons. The van der Waals surface area contributed by atoms with Gasteiger partial charge >= 0.3 is 0 Å². The van der Waals surface area contributed by atoms with Crippen molar-refractivity contribution < 1.29 is 13.3 Å². The number of benzene rings is 10. The maximum atomic E-state index is 11.6. The number of nitriles is 1. The van der Waals surface area contributed by atoms with Crippen molar-refractivity contribution in [2.75, 3.05) is 0 Å². The van der Waals surface area contributed by atoms with Crippen molar-refractivity contribution in [1.29, 1.82) is 5.26 Å². The van der Waals surface area contributed by atoms with E-state index >= 15 is 0 Å². The van der Waals surface area contributed by atoms with Gasteiger partial charge in [0, 0.05) is 82.8 Å². The topological polar surface area (TPSA) is 82.4 Å². The second-order valence-electron chi connectivity index (χ2n) is 18.2. The van der Waals surface area contributed by atoms with Crippen LogP contribution in [0.3, 0.4) is 0 Å². The molecule has 6 aromatic heterocycles. The Bertz CT molecular complexity index is 4890. The van der Waals surface area contributed by atoms with Gasteiger partial charge in [0.05, 0.1) is 62.3 Å². The van der Waals surface area contributed by atoms with Crippen LogP contribution in [-0.2, 0) is 0 Å². The molecule has 70 heavy (non-hydrogen) atoms. The Morgan fingerprint density at radius 1 is 0.329 bits per heavy atom. The van der Waals surface area contributed by atoms with Gasteiger partial charge in [0.25, 0.3) is 0 Å². The summed E-state index contributed by atoms with van der Waals surface area (Å²) in [5.41, 5.74) is 12.5. The molecule has 8 nitrogen and oxygen atoms in total. The van der Waals surface area contributed by atoms with E-state index < -0.39 is 0 Å². The average Bonchev–Trinajstić information content (AvgIpc) is 4.25. The number of furan rings is 3. The van der Waals surface area contributed by atoms with E-state index in [-0.39, 0.29) is 0 Å². The van der Waals surface area contributed by atoms with Crippen LogP contribution in [0.2, 0.25) is 0 Å². The molecule has 0 unspecified atom stereocenters. The summed E-state index contributed by atoms with van der Waals surface area (Å²) in [6.07, 6.45) is 0. The minimum atomic E-state index is 0.318. The highest BCUT2D eigenvalue weighted by atomic mass is 16.3. The van der Waals surface area contributed by atoms with Gasteiger partial charge in [0.2, 0.25) is 5.69 Å². The van der Waals surface area contributed by atoms with Crippen LogP contribution in [-0.4, -0.2) is 13.7 Å². The number of hydrogen-bond donors (Lipinski definition) is 0. The van der Waals surface area contributed by atoms with Gasteiger partial charge in [-0.15, -0.1) is 0 Å². The highest BCUT2D eigenvalue weighted by Gasteiger charge is 2.31. The summed E-state index contributed by atoms with van der Waals surface area (Å²) in [7, 11) is 0. The second-order valence-corrected chi connectivity index (χ2v) is 18.2. The molecule has 322 valence electrons. The number of hydrogen-bond acceptors (Lipinski definition) is 4. The first kappa shape index (κ1) is 37.1. The first-order valence-corrected chi connectivity index (χ1v) is 23.2. The highest BCUT2D eigenvalue weighted by Crippen LogP contribution is 2.49. The van der Waals surface area contributed by atoms with Crippen LogP contribution in [0, 0.1) is 17.9 Å². The van der Waals surface area contributed by atoms with Crippen molar-refractivity contribution in [2.24, 2.45) is 0 Å². The molecule has 10 aromatic carbocycles. The highest BCUT2D eigenvalue weighted by molar-refractivity contribution is 6.22. The van der Waals surface area contributed by atoms with Gasteiger partial charge in [-0.1, -0.05) is 109 Å². The van der Waals surface area contributed by atoms with Crippen molar-refractivity contribution in [3.05, 3.63) is 205 Å². The van der Waals surface area contributed by atoms with Gasteiger partial charge in [-0.3, -0.25) is 0 Å². The normalized spacial score (nSPS) is 12.3. The van der Waals surface area contributed by atoms with Gasteiger partial charge < -0.3 is 27.0 Å². The zero-order valence-electron chi connectivity index (χ0n) is 36.9. The third kappa shape index (κ3) is 4.71. The molecule has 16 rings (SSSR count). The number of nitrogens with zero attached hydrogens (tertiary/aromatic N) is 5. The zero-order valence-corrected chi connectivity index (χ0v) is 36.9. The molecule has 0 saturated carbocycles. The molecule has 8 heteroatoms. The van der Waals surface area contributed by atoms with Crippen LogP contribution in [0.5, 0.6) is 0 Å². The van der Waals surface area contributed by atoms with Crippen molar-refractivity contribution in [3.63, 3.8) is 0 Å². The first-order valence-electron chi connectivity index (χ1n) is 23.2. The number of aromatic nitrogens is 3. The monoisotopic (exact) mass is 893 g/mol. The molecule has 0 fully saturated rings. The Labute approximate surface area is 395 Å². The summed E-state index contributed by atoms with van der Waals surface area (Å²) in [4.78, 5) is 4.37. The lowest BCUT2D eigenvalue weighted by molar-refractivity contribution is 0.669. The van der Waals surface area contributed by atoms with Crippen molar-refractivity contribution in [1.82, 2.24) is 13.7 Å². The van der Waals surface area contributed by atoms with Gasteiger partial charge in [-0.2, -0.15) is 5.26 Å². The van der Waals surface area contributed by atoms with Crippen molar-refractivity contribution in [2.45, 2.75) is 0 Å². The Kier molecular flexibility index (Phi) is 7.06. The Morgan fingerprint density at radius 2 is 0.671 bits per heavy atom. The lowest BCUT2D eigenvalue weighted by atomic mass is 10.1. The van der Waals surface area contributed by atoms with E-state index in [9.17, 15) is 5.26 Å². The first-order chi connectivity index (χ1) is 34.6. The second kappa shape index (κ2) is 13.3. The molecular formula is C62H31N5O3. The van der Waals surface area contributed by atoms with Crippen LogP contribution >= 0.6 is 0 Å². The van der Waals surface area contributed by atoms with E-state index in [0.717, 1.165) is 131 Å². The minimum Gasteiger partial charge on any atom is -0.456 e. The molecule has 0 aliphatic rings. The average molecular weight is 894 g/mol. The van der Waals surface area contributed by atoms with E-state index in [4.69, 9.17) is 19.8 Å². The van der Waals surface area contributed by atoms with E-state index in [1.165, 1.54) is 0 Å². The van der Waals surface area contributed by atoms with Crippen LogP contribution in [0.15, 0.2) is 201 Å². The Hall–Kier alpha value is -10.0. The van der Waals surface area contributed by atoms with Gasteiger partial charge in [0.15, 0.2) is 0 Å². The molecular weight excluding hydrogens is 863 g/mol. The molecule has 0 atom stereocenters. The summed E-state index contributed by atoms with van der Waals surface area (Å²) < 4.78 is 26.6. The summed E-state index contributed by atoms with van der Waals surface area (Å²) in [6, 6.07) is 67.0. The lowest BCUT2D eigenvalue weighted by Crippen LogP contribution is -2.11. The number of para-hydroxylation sites is 6. The van der Waals surface area contributed by atoms with Crippen molar-refractivity contribution in [3.8, 4) is 23.1 Å². The fourth-order valence-corrected chi connectivity index (χ4v) is 11.7. The van der Waals surface area contributed by atoms with Gasteiger partial charge in [-0.05, 0) is 60.7 Å². The third-order valence-electron chi connectivity index (χ3n) is 14.7. The molecule has 0 spiro atoms. The molecule has 6 heterocycles. The van der Waals surface area contributed by atoms with Gasteiger partial charge in [0.1, 0.15) is 39.6 Å². The fraction of sp³-hybridized carbons (Fsp3) is 0. The van der Waals surface area contributed by atoms with Crippen molar-refractivity contribution >= 4 is 137 Å². The summed E-state index contributed by atoms with van der Waals surface area (Å²) in [5.74, 6) is 0. The largest absolute Gasteiger partial charge is 0.456 e. The van der Waals surface area contributed by atoms with E-state index in [0.29, 0.717) is 28.3 Å². The molecule has 0 saturated heterocycles. The quantitative estimate of drug-likeness (QED) is 0.165. The zero-order chi connectivity index (χ0) is 45.9. The third-order valence-corrected chi connectivity index (χ3v) is 14.7. The van der Waals surface area contributed by atoms with E-state index in [2.05, 4.69) is 140 Å². The molecule has 0 N–H and O–H groups in total. The van der Waals surface area contributed by atoms with Crippen LogP contribution < -0.4 is 0 Å². The fourth-order valence-electron chi connectivity index (χ4n) is 11.7. The number of rotatable bonds is 3. The van der Waals surface area contributed by atoms with Crippen LogP contribution in [0.1, 0.15) is 5.56 Å². The lowest BCUT2D eigenvalue weighted by Gasteiger charge is -2.24. The van der Waals surface area contributed by atoms with Gasteiger partial charge in [-0.25, -0.2) is 4.85 Å². The predicted octanol–water partition coefficient (Wildman–Crippen LogP) is 17.1. The van der Waals surface area contributed by atoms with E-state index in [1.54, 1.807) is 6.07 Å². The molecule has 0 amide bonds. The number of fused-ring (bicyclic) bond motifs is 18. The molecule has 0 bridgehead atoms. The van der Waals surface area contributed by atoms with Crippen LogP contribution in [0.4, 0.5) is 5.69 Å².